The van der Waals surface area contributed by atoms with Crippen molar-refractivity contribution >= 4 is 27.4 Å². The van der Waals surface area contributed by atoms with Crippen molar-refractivity contribution in [2.45, 2.75) is 31.2 Å². The highest BCUT2D eigenvalue weighted by molar-refractivity contribution is 7.92. The van der Waals surface area contributed by atoms with E-state index in [0.717, 1.165) is 30.5 Å². The summed E-state index contributed by atoms with van der Waals surface area (Å²) in [5.74, 6) is -1.84. The summed E-state index contributed by atoms with van der Waals surface area (Å²) in [6.45, 7) is 3.23. The van der Waals surface area contributed by atoms with Gasteiger partial charge in [-0.25, -0.2) is 17.6 Å². The SMILES string of the molecule is CCCCN(Cc1ccccc1)c1ccc(NS(=O)(=O)c2cccc(F)c2)cc1C(=O)O. The molecular formula is C24H25FN2O4S. The highest BCUT2D eigenvalue weighted by Crippen LogP contribution is 2.28. The van der Waals surface area contributed by atoms with Crippen molar-refractivity contribution in [2.75, 3.05) is 16.2 Å². The molecule has 0 amide bonds. The Labute approximate surface area is 187 Å². The average molecular weight is 457 g/mol. The lowest BCUT2D eigenvalue weighted by Gasteiger charge is -2.27. The number of rotatable bonds is 10. The first kappa shape index (κ1) is 23.3. The van der Waals surface area contributed by atoms with Gasteiger partial charge < -0.3 is 10.0 Å². The molecule has 3 aromatic rings. The van der Waals surface area contributed by atoms with Crippen LogP contribution in [0.15, 0.2) is 77.7 Å². The molecule has 3 rings (SSSR count). The molecule has 0 aromatic heterocycles. The number of anilines is 2. The zero-order valence-electron chi connectivity index (χ0n) is 17.7. The summed E-state index contributed by atoms with van der Waals surface area (Å²) in [5.41, 5.74) is 1.61. The van der Waals surface area contributed by atoms with E-state index >= 15 is 0 Å². The van der Waals surface area contributed by atoms with Crippen molar-refractivity contribution < 1.29 is 22.7 Å². The topological polar surface area (TPSA) is 86.7 Å². The lowest BCUT2D eigenvalue weighted by Crippen LogP contribution is -2.26. The van der Waals surface area contributed by atoms with Crippen molar-refractivity contribution in [3.05, 3.63) is 89.7 Å². The van der Waals surface area contributed by atoms with Crippen molar-refractivity contribution in [1.82, 2.24) is 0 Å². The lowest BCUT2D eigenvalue weighted by atomic mass is 10.1. The maximum Gasteiger partial charge on any atom is 0.337 e. The minimum atomic E-state index is -4.07. The van der Waals surface area contributed by atoms with Crippen molar-refractivity contribution in [2.24, 2.45) is 0 Å². The Hall–Kier alpha value is -3.39. The number of hydrogen-bond acceptors (Lipinski definition) is 4. The molecule has 32 heavy (non-hydrogen) atoms. The number of carboxylic acids is 1. The smallest absolute Gasteiger partial charge is 0.337 e. The largest absolute Gasteiger partial charge is 0.478 e. The van der Waals surface area contributed by atoms with Crippen LogP contribution in [-0.2, 0) is 16.6 Å². The molecule has 0 unspecified atom stereocenters. The molecule has 0 atom stereocenters. The minimum Gasteiger partial charge on any atom is -0.478 e. The standard InChI is InChI=1S/C24H25FN2O4S/c1-2-3-14-27(17-18-8-5-4-6-9-18)23-13-12-20(16-22(23)24(28)29)26-32(30,31)21-11-7-10-19(25)15-21/h4-13,15-16,26H,2-3,14,17H2,1H3,(H,28,29). The molecule has 0 saturated carbocycles. The Balaban J connectivity index is 1.94. The monoisotopic (exact) mass is 456 g/mol. The van der Waals surface area contributed by atoms with Gasteiger partial charge in [-0.1, -0.05) is 49.7 Å². The number of carboxylic acid groups (broad SMARTS) is 1. The predicted molar refractivity (Wildman–Crippen MR) is 123 cm³/mol. The van der Waals surface area contributed by atoms with Crippen LogP contribution in [0.1, 0.15) is 35.7 Å². The van der Waals surface area contributed by atoms with Crippen molar-refractivity contribution in [1.29, 1.82) is 0 Å². The van der Waals surface area contributed by atoms with Gasteiger partial charge in [-0.15, -0.1) is 0 Å². The van der Waals surface area contributed by atoms with Crippen LogP contribution in [0.5, 0.6) is 0 Å². The Morgan fingerprint density at radius 1 is 1.03 bits per heavy atom. The molecule has 0 spiro atoms. The Morgan fingerprint density at radius 3 is 2.44 bits per heavy atom. The third kappa shape index (κ3) is 5.85. The van der Waals surface area contributed by atoms with Crippen LogP contribution in [0.4, 0.5) is 15.8 Å². The second-order valence-corrected chi connectivity index (χ2v) is 9.04. The summed E-state index contributed by atoms with van der Waals surface area (Å²) in [4.78, 5) is 13.8. The van der Waals surface area contributed by atoms with E-state index in [9.17, 15) is 22.7 Å². The Bertz CT molecular complexity index is 1180. The summed E-state index contributed by atoms with van der Waals surface area (Å²) in [6, 6.07) is 18.7. The number of aromatic carboxylic acids is 1. The number of unbranched alkanes of at least 4 members (excludes halogenated alkanes) is 1. The first-order valence-electron chi connectivity index (χ1n) is 10.2. The van der Waals surface area contributed by atoms with Crippen LogP contribution in [0.3, 0.4) is 0 Å². The minimum absolute atomic E-state index is 0.0172. The Morgan fingerprint density at radius 2 is 1.78 bits per heavy atom. The van der Waals surface area contributed by atoms with Gasteiger partial charge in [0.1, 0.15) is 5.82 Å². The number of nitrogens with one attached hydrogen (secondary N) is 1. The molecule has 6 nitrogen and oxygen atoms in total. The van der Waals surface area contributed by atoms with Gasteiger partial charge >= 0.3 is 5.97 Å². The van der Waals surface area contributed by atoms with Gasteiger partial charge in [0.2, 0.25) is 0 Å². The number of benzene rings is 3. The quantitative estimate of drug-likeness (QED) is 0.442. The van der Waals surface area contributed by atoms with Gasteiger partial charge in [0.15, 0.2) is 0 Å². The van der Waals surface area contributed by atoms with Crippen molar-refractivity contribution in [3.63, 3.8) is 0 Å². The molecule has 0 aliphatic carbocycles. The highest BCUT2D eigenvalue weighted by atomic mass is 32.2. The first-order valence-corrected chi connectivity index (χ1v) is 11.7. The maximum atomic E-state index is 13.5. The van der Waals surface area contributed by atoms with Crippen LogP contribution < -0.4 is 9.62 Å². The molecule has 168 valence electrons. The van der Waals surface area contributed by atoms with E-state index < -0.39 is 21.8 Å². The molecule has 0 fully saturated rings. The van der Waals surface area contributed by atoms with E-state index in [0.29, 0.717) is 18.8 Å². The third-order valence-electron chi connectivity index (χ3n) is 4.92. The second-order valence-electron chi connectivity index (χ2n) is 7.36. The van der Waals surface area contributed by atoms with Gasteiger partial charge in [-0.05, 0) is 48.4 Å². The number of sulfonamides is 1. The second kappa shape index (κ2) is 10.3. The molecule has 0 aliphatic heterocycles. The average Bonchev–Trinajstić information content (AvgIpc) is 2.77. The molecule has 2 N–H and O–H groups in total. The number of halogens is 1. The number of carbonyl (C=O) groups is 1. The molecule has 0 aliphatic rings. The van der Waals surface area contributed by atoms with Crippen LogP contribution in [0.25, 0.3) is 0 Å². The zero-order valence-corrected chi connectivity index (χ0v) is 18.5. The van der Waals surface area contributed by atoms with E-state index in [4.69, 9.17) is 0 Å². The van der Waals surface area contributed by atoms with E-state index in [1.165, 1.54) is 24.3 Å². The molecule has 0 saturated heterocycles. The molecule has 0 heterocycles. The van der Waals surface area contributed by atoms with Crippen molar-refractivity contribution in [3.8, 4) is 0 Å². The number of nitrogens with zero attached hydrogens (tertiary/aromatic N) is 1. The predicted octanol–water partition coefficient (Wildman–Crippen LogP) is 5.13. The fraction of sp³-hybridized carbons (Fsp3) is 0.208. The lowest BCUT2D eigenvalue weighted by molar-refractivity contribution is 0.0697. The summed E-state index contributed by atoms with van der Waals surface area (Å²) in [5, 5.41) is 9.83. The van der Waals surface area contributed by atoms with E-state index in [-0.39, 0.29) is 16.1 Å². The summed E-state index contributed by atoms with van der Waals surface area (Å²) < 4.78 is 41.0. The van der Waals surface area contributed by atoms with Crippen LogP contribution in [0, 0.1) is 5.82 Å². The first-order chi connectivity index (χ1) is 15.3. The van der Waals surface area contributed by atoms with E-state index in [2.05, 4.69) is 11.6 Å². The molecule has 3 aromatic carbocycles. The Kier molecular flexibility index (Phi) is 7.48. The summed E-state index contributed by atoms with van der Waals surface area (Å²) in [7, 11) is -4.07. The molecular weight excluding hydrogens is 431 g/mol. The number of hydrogen-bond donors (Lipinski definition) is 2. The van der Waals surface area contributed by atoms with Gasteiger partial charge in [0.05, 0.1) is 16.1 Å². The molecule has 8 heteroatoms. The third-order valence-corrected chi connectivity index (χ3v) is 6.30. The summed E-state index contributed by atoms with van der Waals surface area (Å²) in [6.07, 6.45) is 1.82. The van der Waals surface area contributed by atoms with Crippen LogP contribution in [0.2, 0.25) is 0 Å². The van der Waals surface area contributed by atoms with Gasteiger partial charge in [-0.2, -0.15) is 0 Å². The molecule has 0 bridgehead atoms. The molecule has 0 radical (unpaired) electrons. The highest BCUT2D eigenvalue weighted by Gasteiger charge is 2.20. The van der Waals surface area contributed by atoms with Gasteiger partial charge in [-0.3, -0.25) is 4.72 Å². The normalized spacial score (nSPS) is 11.2. The maximum absolute atomic E-state index is 13.5. The van der Waals surface area contributed by atoms with Gasteiger partial charge in [0.25, 0.3) is 10.0 Å². The van der Waals surface area contributed by atoms with Gasteiger partial charge in [0, 0.05) is 18.8 Å². The van der Waals surface area contributed by atoms with E-state index in [1.54, 1.807) is 6.07 Å². The van der Waals surface area contributed by atoms with Crippen LogP contribution >= 0.6 is 0 Å². The fourth-order valence-electron chi connectivity index (χ4n) is 3.33. The van der Waals surface area contributed by atoms with Crippen LogP contribution in [-0.4, -0.2) is 26.0 Å². The zero-order chi connectivity index (χ0) is 23.1. The van der Waals surface area contributed by atoms with E-state index in [1.807, 2.05) is 35.2 Å². The summed E-state index contributed by atoms with van der Waals surface area (Å²) >= 11 is 0. The fourth-order valence-corrected chi connectivity index (χ4v) is 4.41.